The van der Waals surface area contributed by atoms with Crippen LogP contribution in [0.15, 0.2) is 41.8 Å². The SMILES string of the molecule is O=C(CCc1cccs1)N1CCCC(COc2ccccc2F)C1. The second kappa shape index (κ2) is 8.29. The average Bonchev–Trinajstić information content (AvgIpc) is 3.13. The van der Waals surface area contributed by atoms with Gasteiger partial charge >= 0.3 is 0 Å². The predicted octanol–water partition coefficient (Wildman–Crippen LogP) is 4.14. The van der Waals surface area contributed by atoms with Crippen LogP contribution in [0.2, 0.25) is 0 Å². The molecule has 0 radical (unpaired) electrons. The second-order valence-electron chi connectivity index (χ2n) is 6.17. The molecule has 3 nitrogen and oxygen atoms in total. The van der Waals surface area contributed by atoms with Crippen molar-refractivity contribution >= 4 is 17.2 Å². The summed E-state index contributed by atoms with van der Waals surface area (Å²) in [5.74, 6) is 0.430. The van der Waals surface area contributed by atoms with Crippen molar-refractivity contribution in [2.45, 2.75) is 25.7 Å². The van der Waals surface area contributed by atoms with E-state index in [0.717, 1.165) is 25.8 Å². The highest BCUT2D eigenvalue weighted by molar-refractivity contribution is 7.09. The molecule has 1 aromatic heterocycles. The van der Waals surface area contributed by atoms with Crippen LogP contribution in [0, 0.1) is 11.7 Å². The lowest BCUT2D eigenvalue weighted by Crippen LogP contribution is -2.41. The largest absolute Gasteiger partial charge is 0.490 e. The Morgan fingerprint density at radius 2 is 2.17 bits per heavy atom. The summed E-state index contributed by atoms with van der Waals surface area (Å²) in [4.78, 5) is 15.6. The minimum absolute atomic E-state index is 0.207. The highest BCUT2D eigenvalue weighted by atomic mass is 32.1. The van der Waals surface area contributed by atoms with E-state index in [4.69, 9.17) is 4.74 Å². The molecule has 128 valence electrons. The summed E-state index contributed by atoms with van der Waals surface area (Å²) < 4.78 is 19.2. The molecule has 24 heavy (non-hydrogen) atoms. The van der Waals surface area contributed by atoms with Gasteiger partial charge in [-0.05, 0) is 42.8 Å². The number of likely N-dealkylation sites (tertiary alicyclic amines) is 1. The Morgan fingerprint density at radius 3 is 2.96 bits per heavy atom. The predicted molar refractivity (Wildman–Crippen MR) is 93.8 cm³/mol. The van der Waals surface area contributed by atoms with Crippen LogP contribution in [0.4, 0.5) is 4.39 Å². The maximum Gasteiger partial charge on any atom is 0.222 e. The number of aryl methyl sites for hydroxylation is 1. The third kappa shape index (κ3) is 4.57. The summed E-state index contributed by atoms with van der Waals surface area (Å²) in [6.07, 6.45) is 3.37. The number of ether oxygens (including phenoxy) is 1. The minimum Gasteiger partial charge on any atom is -0.490 e. The molecule has 1 unspecified atom stereocenters. The first-order valence-electron chi connectivity index (χ1n) is 8.40. The van der Waals surface area contributed by atoms with E-state index in [1.165, 1.54) is 10.9 Å². The van der Waals surface area contributed by atoms with Gasteiger partial charge in [-0.25, -0.2) is 4.39 Å². The summed E-state index contributed by atoms with van der Waals surface area (Å²) in [5.41, 5.74) is 0. The zero-order valence-electron chi connectivity index (χ0n) is 13.6. The molecule has 1 aliphatic rings. The van der Waals surface area contributed by atoms with E-state index < -0.39 is 0 Å². The molecular formula is C19H22FNO2S. The van der Waals surface area contributed by atoms with Crippen molar-refractivity contribution in [2.24, 2.45) is 5.92 Å². The molecule has 3 rings (SSSR count). The summed E-state index contributed by atoms with van der Waals surface area (Å²) in [7, 11) is 0. The van der Waals surface area contributed by atoms with E-state index in [0.29, 0.717) is 25.3 Å². The van der Waals surface area contributed by atoms with E-state index in [1.54, 1.807) is 29.5 Å². The summed E-state index contributed by atoms with van der Waals surface area (Å²) in [5, 5.41) is 2.04. The fourth-order valence-electron chi connectivity index (χ4n) is 3.04. The third-order valence-corrected chi connectivity index (χ3v) is 5.28. The normalized spacial score (nSPS) is 17.7. The highest BCUT2D eigenvalue weighted by Gasteiger charge is 2.24. The van der Waals surface area contributed by atoms with Gasteiger partial charge in [-0.2, -0.15) is 0 Å². The molecule has 2 heterocycles. The van der Waals surface area contributed by atoms with Gasteiger partial charge < -0.3 is 9.64 Å². The van der Waals surface area contributed by atoms with Crippen molar-refractivity contribution in [2.75, 3.05) is 19.7 Å². The van der Waals surface area contributed by atoms with Gasteiger partial charge in [0.1, 0.15) is 0 Å². The van der Waals surface area contributed by atoms with Crippen molar-refractivity contribution < 1.29 is 13.9 Å². The molecular weight excluding hydrogens is 325 g/mol. The molecule has 0 saturated carbocycles. The van der Waals surface area contributed by atoms with Crippen LogP contribution in [0.1, 0.15) is 24.1 Å². The summed E-state index contributed by atoms with van der Waals surface area (Å²) >= 11 is 1.69. The number of carbonyl (C=O) groups excluding carboxylic acids is 1. The summed E-state index contributed by atoms with van der Waals surface area (Å²) in [6, 6.07) is 10.5. The Balaban J connectivity index is 1.47. The number of benzene rings is 1. The zero-order chi connectivity index (χ0) is 16.8. The molecule has 1 atom stereocenters. The van der Waals surface area contributed by atoms with Crippen LogP contribution in [-0.2, 0) is 11.2 Å². The van der Waals surface area contributed by atoms with Crippen LogP contribution in [-0.4, -0.2) is 30.5 Å². The van der Waals surface area contributed by atoms with Gasteiger partial charge in [-0.15, -0.1) is 11.3 Å². The fourth-order valence-corrected chi connectivity index (χ4v) is 3.75. The van der Waals surface area contributed by atoms with Crippen molar-refractivity contribution in [3.8, 4) is 5.75 Å². The molecule has 1 fully saturated rings. The molecule has 1 aliphatic heterocycles. The van der Waals surface area contributed by atoms with Gasteiger partial charge in [-0.1, -0.05) is 18.2 Å². The molecule has 0 bridgehead atoms. The molecule has 1 aromatic carbocycles. The topological polar surface area (TPSA) is 29.5 Å². The van der Waals surface area contributed by atoms with Crippen LogP contribution >= 0.6 is 11.3 Å². The standard InChI is InChI=1S/C19H22FNO2S/c20-17-7-1-2-8-18(17)23-14-15-5-3-11-21(13-15)19(22)10-9-16-6-4-12-24-16/h1-2,4,6-8,12,15H,3,5,9-11,13-14H2. The number of nitrogens with zero attached hydrogens (tertiary/aromatic N) is 1. The van der Waals surface area contributed by atoms with E-state index in [1.807, 2.05) is 16.3 Å². The Hall–Kier alpha value is -1.88. The van der Waals surface area contributed by atoms with Gasteiger partial charge in [0, 0.05) is 30.3 Å². The maximum atomic E-state index is 13.6. The number of carbonyl (C=O) groups is 1. The Morgan fingerprint density at radius 1 is 1.29 bits per heavy atom. The first kappa shape index (κ1) is 17.0. The lowest BCUT2D eigenvalue weighted by atomic mass is 9.98. The van der Waals surface area contributed by atoms with Crippen molar-refractivity contribution in [1.82, 2.24) is 4.90 Å². The lowest BCUT2D eigenvalue weighted by Gasteiger charge is -2.32. The van der Waals surface area contributed by atoms with Crippen molar-refractivity contribution in [1.29, 1.82) is 0 Å². The highest BCUT2D eigenvalue weighted by Crippen LogP contribution is 2.21. The van der Waals surface area contributed by atoms with Crippen LogP contribution in [0.5, 0.6) is 5.75 Å². The van der Waals surface area contributed by atoms with E-state index in [2.05, 4.69) is 6.07 Å². The van der Waals surface area contributed by atoms with Gasteiger partial charge in [0.2, 0.25) is 5.91 Å². The molecule has 1 saturated heterocycles. The van der Waals surface area contributed by atoms with Gasteiger partial charge in [0.25, 0.3) is 0 Å². The van der Waals surface area contributed by atoms with Gasteiger partial charge in [0.05, 0.1) is 6.61 Å². The number of para-hydroxylation sites is 1. The molecule has 0 spiro atoms. The van der Waals surface area contributed by atoms with E-state index in [9.17, 15) is 9.18 Å². The number of rotatable bonds is 6. The number of thiophene rings is 1. The Labute approximate surface area is 146 Å². The second-order valence-corrected chi connectivity index (χ2v) is 7.20. The molecule has 5 heteroatoms. The number of halogens is 1. The smallest absolute Gasteiger partial charge is 0.222 e. The van der Waals surface area contributed by atoms with Gasteiger partial charge in [0.15, 0.2) is 11.6 Å². The number of hydrogen-bond acceptors (Lipinski definition) is 3. The quantitative estimate of drug-likeness (QED) is 0.786. The monoisotopic (exact) mass is 347 g/mol. The van der Waals surface area contributed by atoms with Crippen LogP contribution in [0.25, 0.3) is 0 Å². The van der Waals surface area contributed by atoms with Crippen LogP contribution < -0.4 is 4.74 Å². The Bertz CT molecular complexity index is 659. The molecule has 0 N–H and O–H groups in total. The Kier molecular flexibility index (Phi) is 5.86. The zero-order valence-corrected chi connectivity index (χ0v) is 14.4. The van der Waals surface area contributed by atoms with Gasteiger partial charge in [-0.3, -0.25) is 4.79 Å². The molecule has 1 amide bonds. The average molecular weight is 347 g/mol. The fraction of sp³-hybridized carbons (Fsp3) is 0.421. The van der Waals surface area contributed by atoms with E-state index in [-0.39, 0.29) is 17.6 Å². The molecule has 0 aliphatic carbocycles. The van der Waals surface area contributed by atoms with Crippen molar-refractivity contribution in [3.05, 3.63) is 52.5 Å². The molecule has 2 aromatic rings. The minimum atomic E-state index is -0.336. The van der Waals surface area contributed by atoms with E-state index >= 15 is 0 Å². The van der Waals surface area contributed by atoms with Crippen molar-refractivity contribution in [3.63, 3.8) is 0 Å². The first-order valence-corrected chi connectivity index (χ1v) is 9.28. The first-order chi connectivity index (χ1) is 11.7. The summed E-state index contributed by atoms with van der Waals surface area (Å²) in [6.45, 7) is 1.98. The lowest BCUT2D eigenvalue weighted by molar-refractivity contribution is -0.133. The number of amides is 1. The van der Waals surface area contributed by atoms with Crippen LogP contribution in [0.3, 0.4) is 0 Å². The maximum absolute atomic E-state index is 13.6. The number of piperidine rings is 1. The number of hydrogen-bond donors (Lipinski definition) is 0. The third-order valence-electron chi connectivity index (χ3n) is 4.35.